The summed E-state index contributed by atoms with van der Waals surface area (Å²) in [6.07, 6.45) is 2.03. The molecular formula is C20H22N3O+. The van der Waals surface area contributed by atoms with E-state index >= 15 is 0 Å². The molecule has 0 radical (unpaired) electrons. The van der Waals surface area contributed by atoms with Crippen molar-refractivity contribution in [1.82, 2.24) is 0 Å². The molecule has 2 heterocycles. The third-order valence-corrected chi connectivity index (χ3v) is 4.90. The van der Waals surface area contributed by atoms with Gasteiger partial charge in [0.05, 0.1) is 33.2 Å². The average Bonchev–Trinajstić information content (AvgIpc) is 2.92. The van der Waals surface area contributed by atoms with E-state index in [1.54, 1.807) is 4.90 Å². The Bertz CT molecular complexity index is 804. The van der Waals surface area contributed by atoms with Gasteiger partial charge in [0, 0.05) is 22.5 Å². The van der Waals surface area contributed by atoms with Gasteiger partial charge < -0.3 is 15.1 Å². The van der Waals surface area contributed by atoms with E-state index in [-0.39, 0.29) is 5.91 Å². The first-order valence-electron chi connectivity index (χ1n) is 8.50. The van der Waals surface area contributed by atoms with Crippen LogP contribution in [0.15, 0.2) is 48.5 Å². The number of nitrogens with one attached hydrogen (secondary N) is 2. The lowest BCUT2D eigenvalue weighted by Gasteiger charge is -2.32. The minimum absolute atomic E-state index is 0.0196. The van der Waals surface area contributed by atoms with E-state index in [1.165, 1.54) is 5.69 Å². The Morgan fingerprint density at radius 2 is 1.75 bits per heavy atom. The fraction of sp³-hybridized carbons (Fsp3) is 0.250. The number of nitrogens with zero attached hydrogens (tertiary/aromatic N) is 1. The topological polar surface area (TPSA) is 36.8 Å². The van der Waals surface area contributed by atoms with Crippen LogP contribution >= 0.6 is 0 Å². The second-order valence-electron chi connectivity index (χ2n) is 6.56. The van der Waals surface area contributed by atoms with E-state index in [0.717, 1.165) is 48.6 Å². The standard InChI is InChI=1S/C20H21N3O/c1-22-10-12-23(13-11-22)19-9-5-2-6-15(19)14-17-16-7-3-4-8-18(16)21-20(17)24/h2-9,14H,10-13H2,1H3,(H,21,24)/p+1/b17-14+. The first kappa shape index (κ1) is 15.0. The van der Waals surface area contributed by atoms with Gasteiger partial charge in [-0.3, -0.25) is 4.79 Å². The van der Waals surface area contributed by atoms with Crippen molar-refractivity contribution in [1.29, 1.82) is 0 Å². The Morgan fingerprint density at radius 1 is 1.04 bits per heavy atom. The Labute approximate surface area is 142 Å². The molecule has 2 N–H and O–H groups in total. The zero-order chi connectivity index (χ0) is 16.5. The molecule has 0 aliphatic carbocycles. The quantitative estimate of drug-likeness (QED) is 0.823. The normalized spacial score (nSPS) is 19.5. The van der Waals surface area contributed by atoms with Crippen molar-refractivity contribution < 1.29 is 9.69 Å². The molecule has 0 aromatic heterocycles. The van der Waals surface area contributed by atoms with E-state index < -0.39 is 0 Å². The van der Waals surface area contributed by atoms with Crippen molar-refractivity contribution in [3.8, 4) is 0 Å². The largest absolute Gasteiger partial charge is 0.360 e. The van der Waals surface area contributed by atoms with Crippen LogP contribution in [0.25, 0.3) is 11.6 Å². The van der Waals surface area contributed by atoms with Crippen LogP contribution in [-0.2, 0) is 4.79 Å². The number of anilines is 2. The SMILES string of the molecule is C[NH+]1CCN(c2ccccc2/C=C2/C(=O)Nc3ccccc32)CC1. The molecule has 0 spiro atoms. The van der Waals surface area contributed by atoms with Gasteiger partial charge in [0.25, 0.3) is 5.91 Å². The molecule has 1 amide bonds. The van der Waals surface area contributed by atoms with Crippen LogP contribution < -0.4 is 15.1 Å². The molecule has 0 bridgehead atoms. The smallest absolute Gasteiger partial charge is 0.256 e. The number of hydrogen-bond acceptors (Lipinski definition) is 2. The van der Waals surface area contributed by atoms with Gasteiger partial charge in [-0.1, -0.05) is 36.4 Å². The molecule has 2 aliphatic heterocycles. The highest BCUT2D eigenvalue weighted by Gasteiger charge is 2.24. The van der Waals surface area contributed by atoms with Gasteiger partial charge in [0.1, 0.15) is 0 Å². The van der Waals surface area contributed by atoms with Gasteiger partial charge in [0.15, 0.2) is 0 Å². The summed E-state index contributed by atoms with van der Waals surface area (Å²) in [6, 6.07) is 16.2. The van der Waals surface area contributed by atoms with Crippen LogP contribution in [0.5, 0.6) is 0 Å². The van der Waals surface area contributed by atoms with E-state index in [9.17, 15) is 4.79 Å². The van der Waals surface area contributed by atoms with Crippen LogP contribution in [0, 0.1) is 0 Å². The number of carbonyl (C=O) groups is 1. The molecule has 0 atom stereocenters. The van der Waals surface area contributed by atoms with Gasteiger partial charge in [-0.05, 0) is 23.8 Å². The van der Waals surface area contributed by atoms with Crippen LogP contribution in [0.4, 0.5) is 11.4 Å². The minimum Gasteiger partial charge on any atom is -0.360 e. The zero-order valence-corrected chi connectivity index (χ0v) is 13.9. The van der Waals surface area contributed by atoms with Crippen molar-refractivity contribution in [2.45, 2.75) is 0 Å². The number of fused-ring (bicyclic) bond motifs is 1. The van der Waals surface area contributed by atoms with E-state index in [4.69, 9.17) is 0 Å². The van der Waals surface area contributed by atoms with Crippen LogP contribution in [0.1, 0.15) is 11.1 Å². The number of rotatable bonds is 2. The fourth-order valence-electron chi connectivity index (χ4n) is 3.46. The third kappa shape index (κ3) is 2.69. The molecule has 24 heavy (non-hydrogen) atoms. The highest BCUT2D eigenvalue weighted by Crippen LogP contribution is 2.34. The maximum absolute atomic E-state index is 12.4. The molecule has 0 unspecified atom stereocenters. The number of hydrogen-bond donors (Lipinski definition) is 2. The highest BCUT2D eigenvalue weighted by atomic mass is 16.2. The molecule has 4 heteroatoms. The summed E-state index contributed by atoms with van der Waals surface area (Å²) < 4.78 is 0. The summed E-state index contributed by atoms with van der Waals surface area (Å²) >= 11 is 0. The number of quaternary nitrogens is 1. The lowest BCUT2D eigenvalue weighted by molar-refractivity contribution is -0.880. The number of carbonyl (C=O) groups excluding carboxylic acids is 1. The number of para-hydroxylation sites is 2. The van der Waals surface area contributed by atoms with Gasteiger partial charge in [-0.15, -0.1) is 0 Å². The molecule has 2 aromatic carbocycles. The van der Waals surface area contributed by atoms with Gasteiger partial charge in [0.2, 0.25) is 0 Å². The Balaban J connectivity index is 1.72. The summed E-state index contributed by atoms with van der Waals surface area (Å²) in [6.45, 7) is 4.39. The van der Waals surface area contributed by atoms with E-state index in [0.29, 0.717) is 0 Å². The number of piperazine rings is 1. The Kier molecular flexibility index (Phi) is 3.82. The van der Waals surface area contributed by atoms with Crippen LogP contribution in [0.3, 0.4) is 0 Å². The van der Waals surface area contributed by atoms with Crippen molar-refractivity contribution in [3.63, 3.8) is 0 Å². The second kappa shape index (κ2) is 6.13. The fourth-order valence-corrected chi connectivity index (χ4v) is 3.46. The van der Waals surface area contributed by atoms with Gasteiger partial charge in [-0.25, -0.2) is 0 Å². The molecular weight excluding hydrogens is 298 g/mol. The van der Waals surface area contributed by atoms with E-state index in [2.05, 4.69) is 35.5 Å². The third-order valence-electron chi connectivity index (χ3n) is 4.90. The molecule has 0 saturated carbocycles. The molecule has 2 aromatic rings. The molecule has 4 nitrogen and oxygen atoms in total. The molecule has 2 aliphatic rings. The van der Waals surface area contributed by atoms with E-state index in [1.807, 2.05) is 36.4 Å². The Hall–Kier alpha value is -2.59. The molecule has 1 fully saturated rings. The summed E-state index contributed by atoms with van der Waals surface area (Å²) in [4.78, 5) is 16.4. The van der Waals surface area contributed by atoms with Crippen molar-refractivity contribution in [2.24, 2.45) is 0 Å². The van der Waals surface area contributed by atoms with Crippen molar-refractivity contribution >= 4 is 28.9 Å². The summed E-state index contributed by atoms with van der Waals surface area (Å²) in [7, 11) is 2.24. The van der Waals surface area contributed by atoms with Crippen LogP contribution in [-0.4, -0.2) is 39.1 Å². The molecule has 1 saturated heterocycles. The van der Waals surface area contributed by atoms with Crippen LogP contribution in [0.2, 0.25) is 0 Å². The predicted molar refractivity (Wildman–Crippen MR) is 98.2 cm³/mol. The molecule has 4 rings (SSSR count). The first-order chi connectivity index (χ1) is 11.7. The van der Waals surface area contributed by atoms with Crippen molar-refractivity contribution in [2.75, 3.05) is 43.4 Å². The maximum Gasteiger partial charge on any atom is 0.256 e. The van der Waals surface area contributed by atoms with Gasteiger partial charge in [-0.2, -0.15) is 0 Å². The molecule has 122 valence electrons. The second-order valence-corrected chi connectivity index (χ2v) is 6.56. The minimum atomic E-state index is -0.0196. The summed E-state index contributed by atoms with van der Waals surface area (Å²) in [5.41, 5.74) is 4.96. The average molecular weight is 320 g/mol. The maximum atomic E-state index is 12.4. The first-order valence-corrected chi connectivity index (χ1v) is 8.50. The number of benzene rings is 2. The lowest BCUT2D eigenvalue weighted by atomic mass is 10.0. The monoisotopic (exact) mass is 320 g/mol. The predicted octanol–water partition coefficient (Wildman–Crippen LogP) is 1.51. The van der Waals surface area contributed by atoms with Gasteiger partial charge >= 0.3 is 0 Å². The zero-order valence-electron chi connectivity index (χ0n) is 13.9. The highest BCUT2D eigenvalue weighted by molar-refractivity contribution is 6.35. The summed E-state index contributed by atoms with van der Waals surface area (Å²) in [5, 5.41) is 2.95. The van der Waals surface area contributed by atoms with Crippen molar-refractivity contribution in [3.05, 3.63) is 59.7 Å². The number of amides is 1. The Morgan fingerprint density at radius 3 is 2.58 bits per heavy atom. The summed E-state index contributed by atoms with van der Waals surface area (Å²) in [5.74, 6) is -0.0196. The number of likely N-dealkylation sites (N-methyl/N-ethyl adjacent to an activating group) is 1. The lowest BCUT2D eigenvalue weighted by Crippen LogP contribution is -3.12.